The molecular formula is C9H10N6S. The first-order valence-corrected chi connectivity index (χ1v) is 5.58. The number of nitrogens with zero attached hydrogens (tertiary/aromatic N) is 4. The van der Waals surface area contributed by atoms with Gasteiger partial charge in [-0.3, -0.25) is 0 Å². The second kappa shape index (κ2) is 4.08. The lowest BCUT2D eigenvalue weighted by molar-refractivity contribution is 0.681. The van der Waals surface area contributed by atoms with Gasteiger partial charge in [0.15, 0.2) is 5.65 Å². The normalized spacial score (nSPS) is 14.6. The molecule has 2 aromatic rings. The molecule has 0 aliphatic heterocycles. The Hall–Kier alpha value is -1.65. The van der Waals surface area contributed by atoms with Gasteiger partial charge in [0.1, 0.15) is 22.4 Å². The van der Waals surface area contributed by atoms with Crippen molar-refractivity contribution in [3.8, 4) is 6.07 Å². The van der Waals surface area contributed by atoms with Gasteiger partial charge in [-0.25, -0.2) is 15.0 Å². The quantitative estimate of drug-likeness (QED) is 0.598. The number of thioether (sulfide) groups is 1. The summed E-state index contributed by atoms with van der Waals surface area (Å²) in [6, 6.07) is 2.04. The molecule has 3 N–H and O–H groups in total. The number of nitriles is 1. The number of nitrogens with one attached hydrogen (secondary N) is 1. The van der Waals surface area contributed by atoms with Crippen molar-refractivity contribution < 1.29 is 0 Å². The fraction of sp³-hybridized carbons (Fsp3) is 0.333. The third kappa shape index (κ3) is 2.13. The van der Waals surface area contributed by atoms with Crippen LogP contribution in [0.4, 0.5) is 0 Å². The average Bonchev–Trinajstić information content (AvgIpc) is 2.75. The first kappa shape index (κ1) is 10.9. The van der Waals surface area contributed by atoms with Crippen LogP contribution < -0.4 is 5.73 Å². The van der Waals surface area contributed by atoms with E-state index in [1.165, 1.54) is 18.1 Å². The van der Waals surface area contributed by atoms with Crippen molar-refractivity contribution >= 4 is 22.9 Å². The highest BCUT2D eigenvalue weighted by molar-refractivity contribution is 7.99. The number of fused-ring (bicyclic) bond motifs is 1. The highest BCUT2D eigenvalue weighted by Gasteiger charge is 2.19. The molecule has 0 saturated heterocycles. The van der Waals surface area contributed by atoms with Crippen LogP contribution >= 0.6 is 11.8 Å². The first-order valence-electron chi connectivity index (χ1n) is 4.59. The Morgan fingerprint density at radius 1 is 1.56 bits per heavy atom. The summed E-state index contributed by atoms with van der Waals surface area (Å²) in [7, 11) is 0. The minimum absolute atomic E-state index is 0.467. The maximum atomic E-state index is 8.80. The summed E-state index contributed by atoms with van der Waals surface area (Å²) in [5, 5.41) is 9.56. The van der Waals surface area contributed by atoms with Gasteiger partial charge >= 0.3 is 0 Å². The summed E-state index contributed by atoms with van der Waals surface area (Å²) in [6.45, 7) is 1.69. The molecule has 7 heteroatoms. The lowest BCUT2D eigenvalue weighted by Gasteiger charge is -2.13. The van der Waals surface area contributed by atoms with Crippen molar-refractivity contribution in [1.29, 1.82) is 5.26 Å². The van der Waals surface area contributed by atoms with Crippen molar-refractivity contribution in [3.05, 3.63) is 12.7 Å². The van der Waals surface area contributed by atoms with Gasteiger partial charge < -0.3 is 10.7 Å². The van der Waals surface area contributed by atoms with E-state index in [0.29, 0.717) is 11.4 Å². The van der Waals surface area contributed by atoms with E-state index in [9.17, 15) is 0 Å². The summed E-state index contributed by atoms with van der Waals surface area (Å²) in [4.78, 5) is 15.1. The van der Waals surface area contributed by atoms with Gasteiger partial charge in [-0.15, -0.1) is 11.8 Å². The van der Waals surface area contributed by atoms with Crippen LogP contribution in [0.5, 0.6) is 0 Å². The lowest BCUT2D eigenvalue weighted by Crippen LogP contribution is -2.36. The molecular weight excluding hydrogens is 224 g/mol. The van der Waals surface area contributed by atoms with Gasteiger partial charge in [-0.2, -0.15) is 5.26 Å². The Morgan fingerprint density at radius 2 is 2.38 bits per heavy atom. The number of imidazole rings is 1. The average molecular weight is 234 g/mol. The molecule has 0 radical (unpaired) electrons. The fourth-order valence-electron chi connectivity index (χ4n) is 1.10. The zero-order valence-electron chi connectivity index (χ0n) is 8.64. The zero-order valence-corrected chi connectivity index (χ0v) is 9.45. The molecule has 1 unspecified atom stereocenters. The number of hydrogen-bond donors (Lipinski definition) is 2. The molecule has 2 heterocycles. The zero-order chi connectivity index (χ0) is 11.6. The monoisotopic (exact) mass is 234 g/mol. The predicted molar refractivity (Wildman–Crippen MR) is 60.6 cm³/mol. The number of aromatic amines is 1. The second-order valence-corrected chi connectivity index (χ2v) is 4.56. The van der Waals surface area contributed by atoms with Crippen LogP contribution in [-0.4, -0.2) is 31.2 Å². The molecule has 2 aromatic heterocycles. The number of rotatable bonds is 3. The van der Waals surface area contributed by atoms with Crippen molar-refractivity contribution in [3.63, 3.8) is 0 Å². The SMILES string of the molecule is CC(N)(C#N)CSc1ncnc2nc[nH]c12. The van der Waals surface area contributed by atoms with Gasteiger partial charge in [0.2, 0.25) is 0 Å². The Balaban J connectivity index is 2.22. The summed E-state index contributed by atoms with van der Waals surface area (Å²) in [6.07, 6.45) is 3.01. The van der Waals surface area contributed by atoms with E-state index in [1.807, 2.05) is 6.07 Å². The minimum Gasteiger partial charge on any atom is -0.341 e. The van der Waals surface area contributed by atoms with Crippen LogP contribution in [0.25, 0.3) is 11.2 Å². The third-order valence-corrected chi connectivity index (χ3v) is 3.28. The summed E-state index contributed by atoms with van der Waals surface area (Å²) in [5.41, 5.74) is 6.27. The first-order chi connectivity index (χ1) is 7.62. The maximum Gasteiger partial charge on any atom is 0.181 e. The molecule has 0 aliphatic rings. The largest absolute Gasteiger partial charge is 0.341 e. The van der Waals surface area contributed by atoms with Crippen molar-refractivity contribution in [2.24, 2.45) is 5.73 Å². The van der Waals surface area contributed by atoms with Crippen LogP contribution in [0, 0.1) is 11.3 Å². The molecule has 0 fully saturated rings. The third-order valence-electron chi connectivity index (χ3n) is 1.95. The van der Waals surface area contributed by atoms with Gasteiger partial charge in [0, 0.05) is 5.75 Å². The number of H-pyrrole nitrogens is 1. The predicted octanol–water partition coefficient (Wildman–Crippen LogP) is 0.686. The van der Waals surface area contributed by atoms with Gasteiger partial charge in [-0.05, 0) is 6.92 Å². The second-order valence-electron chi connectivity index (χ2n) is 3.60. The van der Waals surface area contributed by atoms with Gasteiger partial charge in [0.05, 0.1) is 12.4 Å². The molecule has 0 spiro atoms. The topological polar surface area (TPSA) is 104 Å². The van der Waals surface area contributed by atoms with Crippen LogP contribution in [0.3, 0.4) is 0 Å². The Bertz CT molecular complexity index is 540. The van der Waals surface area contributed by atoms with E-state index in [1.54, 1.807) is 13.3 Å². The summed E-state index contributed by atoms with van der Waals surface area (Å²) >= 11 is 1.42. The molecule has 1 atom stereocenters. The Kier molecular flexibility index (Phi) is 2.77. The van der Waals surface area contributed by atoms with E-state index >= 15 is 0 Å². The van der Waals surface area contributed by atoms with E-state index in [2.05, 4.69) is 19.9 Å². The van der Waals surface area contributed by atoms with Gasteiger partial charge in [-0.1, -0.05) is 0 Å². The minimum atomic E-state index is -0.859. The van der Waals surface area contributed by atoms with Crippen molar-refractivity contribution in [1.82, 2.24) is 19.9 Å². The molecule has 0 aromatic carbocycles. The lowest BCUT2D eigenvalue weighted by atomic mass is 10.1. The fourth-order valence-corrected chi connectivity index (χ4v) is 2.02. The molecule has 0 saturated carbocycles. The maximum absolute atomic E-state index is 8.80. The Morgan fingerprint density at radius 3 is 3.12 bits per heavy atom. The standard InChI is InChI=1S/C9H10N6S/c1-9(11,2-10)3-16-8-6-7(13-4-12-6)14-5-15-8/h4-5H,3,11H2,1H3,(H,12,13,14,15). The van der Waals surface area contributed by atoms with Gasteiger partial charge in [0.25, 0.3) is 0 Å². The van der Waals surface area contributed by atoms with E-state index in [-0.39, 0.29) is 0 Å². The summed E-state index contributed by atoms with van der Waals surface area (Å²) in [5.74, 6) is 0.467. The van der Waals surface area contributed by atoms with Crippen LogP contribution in [0.1, 0.15) is 6.92 Å². The molecule has 0 aliphatic carbocycles. The molecule has 2 rings (SSSR count). The van der Waals surface area contributed by atoms with Crippen LogP contribution in [0.15, 0.2) is 17.7 Å². The highest BCUT2D eigenvalue weighted by atomic mass is 32.2. The van der Waals surface area contributed by atoms with Crippen molar-refractivity contribution in [2.75, 3.05) is 5.75 Å². The highest BCUT2D eigenvalue weighted by Crippen LogP contribution is 2.24. The van der Waals surface area contributed by atoms with E-state index < -0.39 is 5.54 Å². The summed E-state index contributed by atoms with van der Waals surface area (Å²) < 4.78 is 0. The van der Waals surface area contributed by atoms with Crippen molar-refractivity contribution in [2.45, 2.75) is 17.5 Å². The smallest absolute Gasteiger partial charge is 0.181 e. The molecule has 82 valence electrons. The number of aromatic nitrogens is 4. The Labute approximate surface area is 96.3 Å². The van der Waals surface area contributed by atoms with E-state index in [4.69, 9.17) is 11.0 Å². The van der Waals surface area contributed by atoms with Crippen LogP contribution in [-0.2, 0) is 0 Å². The van der Waals surface area contributed by atoms with E-state index in [0.717, 1.165) is 10.5 Å². The molecule has 0 bridgehead atoms. The molecule has 6 nitrogen and oxygen atoms in total. The molecule has 0 amide bonds. The number of hydrogen-bond acceptors (Lipinski definition) is 6. The van der Waals surface area contributed by atoms with Crippen LogP contribution in [0.2, 0.25) is 0 Å². The molecule has 16 heavy (non-hydrogen) atoms. The number of nitrogens with two attached hydrogens (primary N) is 1.